The molecule has 0 aliphatic heterocycles. The quantitative estimate of drug-likeness (QED) is 0.553. The van der Waals surface area contributed by atoms with Crippen LogP contribution in [-0.4, -0.2) is 18.9 Å². The Morgan fingerprint density at radius 3 is 2.91 bits per heavy atom. The highest BCUT2D eigenvalue weighted by molar-refractivity contribution is 6.01. The van der Waals surface area contributed by atoms with Gasteiger partial charge in [-0.25, -0.2) is 0 Å². The van der Waals surface area contributed by atoms with Crippen LogP contribution in [0.15, 0.2) is 11.6 Å². The van der Waals surface area contributed by atoms with Crippen LogP contribution in [0.4, 0.5) is 0 Å². The second-order valence-corrected chi connectivity index (χ2v) is 2.44. The molecule has 0 unspecified atom stereocenters. The summed E-state index contributed by atoms with van der Waals surface area (Å²) in [6, 6.07) is 0. The van der Waals surface area contributed by atoms with E-state index in [2.05, 4.69) is 4.74 Å². The molecule has 60 valence electrons. The molecule has 0 atom stereocenters. The van der Waals surface area contributed by atoms with Gasteiger partial charge in [0.15, 0.2) is 5.78 Å². The molecule has 0 amide bonds. The monoisotopic (exact) mass is 154 g/mol. The molecule has 0 aromatic heterocycles. The fraction of sp³-hybridized carbons (Fsp3) is 0.500. The Balaban J connectivity index is 2.49. The molecule has 0 aromatic rings. The molecule has 0 fully saturated rings. The van der Waals surface area contributed by atoms with Crippen LogP contribution in [0.3, 0.4) is 0 Å². The largest absolute Gasteiger partial charge is 0.469 e. The second kappa shape index (κ2) is 3.32. The minimum Gasteiger partial charge on any atom is -0.469 e. The van der Waals surface area contributed by atoms with Gasteiger partial charge in [-0.3, -0.25) is 9.59 Å². The topological polar surface area (TPSA) is 43.4 Å². The van der Waals surface area contributed by atoms with Gasteiger partial charge in [0.25, 0.3) is 0 Å². The van der Waals surface area contributed by atoms with Crippen LogP contribution in [0, 0.1) is 0 Å². The number of Topliss-reactive ketones (excluding diaryl/α,β-unsaturated/α-hetero) is 1. The number of carbonyl (C=O) groups excluding carboxylic acids is 2. The molecule has 0 radical (unpaired) electrons. The molecule has 1 aliphatic carbocycles. The van der Waals surface area contributed by atoms with Crippen LogP contribution < -0.4 is 0 Å². The number of hydrogen-bond donors (Lipinski definition) is 0. The molecule has 3 heteroatoms. The molecule has 0 bridgehead atoms. The number of hydrogen-bond acceptors (Lipinski definition) is 3. The van der Waals surface area contributed by atoms with Crippen LogP contribution in [0.1, 0.15) is 19.3 Å². The Labute approximate surface area is 65.0 Å². The first-order chi connectivity index (χ1) is 5.24. The van der Waals surface area contributed by atoms with Crippen molar-refractivity contribution in [1.82, 2.24) is 0 Å². The minimum atomic E-state index is -0.341. The zero-order chi connectivity index (χ0) is 8.27. The van der Waals surface area contributed by atoms with Crippen molar-refractivity contribution in [3.05, 3.63) is 11.6 Å². The van der Waals surface area contributed by atoms with Crippen molar-refractivity contribution in [1.29, 1.82) is 0 Å². The first-order valence-corrected chi connectivity index (χ1v) is 3.53. The van der Waals surface area contributed by atoms with E-state index in [0.29, 0.717) is 12.0 Å². The highest BCUT2D eigenvalue weighted by atomic mass is 16.5. The van der Waals surface area contributed by atoms with Crippen LogP contribution in [-0.2, 0) is 14.3 Å². The molecule has 0 N–H and O–H groups in total. The molecule has 1 aliphatic rings. The summed E-state index contributed by atoms with van der Waals surface area (Å²) in [7, 11) is 1.32. The first kappa shape index (κ1) is 7.98. The van der Waals surface area contributed by atoms with Crippen molar-refractivity contribution in [3.63, 3.8) is 0 Å². The van der Waals surface area contributed by atoms with E-state index >= 15 is 0 Å². The summed E-state index contributed by atoms with van der Waals surface area (Å²) in [6.45, 7) is 0. The van der Waals surface area contributed by atoms with Crippen LogP contribution >= 0.6 is 0 Å². The molecule has 0 spiro atoms. The number of methoxy groups -OCH3 is 1. The average Bonchev–Trinajstić information content (AvgIpc) is 2.37. The zero-order valence-electron chi connectivity index (χ0n) is 6.42. The molecule has 1 rings (SSSR count). The lowest BCUT2D eigenvalue weighted by Gasteiger charge is -1.97. The molecule has 0 saturated carbocycles. The summed E-state index contributed by atoms with van der Waals surface area (Å²) in [4.78, 5) is 21.6. The van der Waals surface area contributed by atoms with Gasteiger partial charge in [-0.1, -0.05) is 6.08 Å². The number of rotatable bonds is 2. The van der Waals surface area contributed by atoms with Crippen molar-refractivity contribution < 1.29 is 14.3 Å². The number of allylic oxidation sites excluding steroid dienone is 1. The number of ketones is 1. The fourth-order valence-corrected chi connectivity index (χ4v) is 1.05. The predicted molar refractivity (Wildman–Crippen MR) is 39.0 cm³/mol. The van der Waals surface area contributed by atoms with Gasteiger partial charge in [0.1, 0.15) is 0 Å². The predicted octanol–water partition coefficient (Wildman–Crippen LogP) is 0.839. The Bertz CT molecular complexity index is 215. The summed E-state index contributed by atoms with van der Waals surface area (Å²) in [5, 5.41) is 0. The van der Waals surface area contributed by atoms with Crippen molar-refractivity contribution >= 4 is 11.8 Å². The Kier molecular flexibility index (Phi) is 2.41. The lowest BCUT2D eigenvalue weighted by Crippen LogP contribution is -2.05. The van der Waals surface area contributed by atoms with E-state index in [1.807, 2.05) is 0 Å². The molecule has 3 nitrogen and oxygen atoms in total. The maximum Gasteiger partial charge on any atom is 0.310 e. The van der Waals surface area contributed by atoms with Gasteiger partial charge in [-0.05, 0) is 6.42 Å². The van der Waals surface area contributed by atoms with Crippen LogP contribution in [0.5, 0.6) is 0 Å². The van der Waals surface area contributed by atoms with E-state index in [-0.39, 0.29) is 18.2 Å². The molecule has 0 heterocycles. The number of ether oxygens (including phenoxy) is 1. The third-order valence-corrected chi connectivity index (χ3v) is 1.68. The van der Waals surface area contributed by atoms with Gasteiger partial charge in [-0.2, -0.15) is 0 Å². The van der Waals surface area contributed by atoms with Crippen molar-refractivity contribution in [2.24, 2.45) is 0 Å². The van der Waals surface area contributed by atoms with Gasteiger partial charge >= 0.3 is 5.97 Å². The normalized spacial score (nSPS) is 16.5. The van der Waals surface area contributed by atoms with Gasteiger partial charge in [0, 0.05) is 12.0 Å². The third kappa shape index (κ3) is 1.90. The van der Waals surface area contributed by atoms with E-state index in [9.17, 15) is 9.59 Å². The highest BCUT2D eigenvalue weighted by Gasteiger charge is 2.17. The van der Waals surface area contributed by atoms with Crippen molar-refractivity contribution in [2.45, 2.75) is 19.3 Å². The number of carbonyl (C=O) groups is 2. The van der Waals surface area contributed by atoms with Gasteiger partial charge in [0.05, 0.1) is 13.5 Å². The maximum absolute atomic E-state index is 10.9. The Morgan fingerprint density at radius 1 is 1.73 bits per heavy atom. The first-order valence-electron chi connectivity index (χ1n) is 3.53. The lowest BCUT2D eigenvalue weighted by molar-refractivity contribution is -0.140. The summed E-state index contributed by atoms with van der Waals surface area (Å²) < 4.78 is 4.43. The highest BCUT2D eigenvalue weighted by Crippen LogP contribution is 2.16. The average molecular weight is 154 g/mol. The third-order valence-electron chi connectivity index (χ3n) is 1.68. The standard InChI is InChI=1S/C8H10O3/c1-11-8(10)5-6-3-2-4-7(6)9/h3H,2,4-5H2,1H3. The Morgan fingerprint density at radius 2 is 2.45 bits per heavy atom. The van der Waals surface area contributed by atoms with E-state index in [1.165, 1.54) is 7.11 Å². The molecule has 0 aromatic carbocycles. The van der Waals surface area contributed by atoms with Crippen LogP contribution in [0.25, 0.3) is 0 Å². The van der Waals surface area contributed by atoms with Crippen molar-refractivity contribution in [3.8, 4) is 0 Å². The fourth-order valence-electron chi connectivity index (χ4n) is 1.05. The minimum absolute atomic E-state index is 0.0791. The van der Waals surface area contributed by atoms with E-state index in [0.717, 1.165) is 6.42 Å². The number of esters is 1. The van der Waals surface area contributed by atoms with Crippen molar-refractivity contribution in [2.75, 3.05) is 7.11 Å². The maximum atomic E-state index is 10.9. The Hall–Kier alpha value is -1.12. The second-order valence-electron chi connectivity index (χ2n) is 2.44. The SMILES string of the molecule is COC(=O)CC1=CCCC1=O. The smallest absolute Gasteiger partial charge is 0.310 e. The summed E-state index contributed by atoms with van der Waals surface area (Å²) >= 11 is 0. The molecule has 0 saturated heterocycles. The van der Waals surface area contributed by atoms with Crippen LogP contribution in [0.2, 0.25) is 0 Å². The summed E-state index contributed by atoms with van der Waals surface area (Å²) in [5.74, 6) is -0.262. The van der Waals surface area contributed by atoms with E-state index < -0.39 is 0 Å². The summed E-state index contributed by atoms with van der Waals surface area (Å²) in [6.07, 6.45) is 3.26. The molecular weight excluding hydrogens is 144 g/mol. The van der Waals surface area contributed by atoms with E-state index in [1.54, 1.807) is 6.08 Å². The van der Waals surface area contributed by atoms with Gasteiger partial charge in [-0.15, -0.1) is 0 Å². The zero-order valence-corrected chi connectivity index (χ0v) is 6.42. The molecule has 11 heavy (non-hydrogen) atoms. The summed E-state index contributed by atoms with van der Waals surface area (Å²) in [5.41, 5.74) is 0.608. The molecular formula is C8H10O3. The van der Waals surface area contributed by atoms with Gasteiger partial charge < -0.3 is 4.74 Å². The van der Waals surface area contributed by atoms with Gasteiger partial charge in [0.2, 0.25) is 0 Å². The lowest BCUT2D eigenvalue weighted by atomic mass is 10.1. The van der Waals surface area contributed by atoms with E-state index in [4.69, 9.17) is 0 Å².